The van der Waals surface area contributed by atoms with Crippen LogP contribution in [-0.2, 0) is 0 Å². The summed E-state index contributed by atoms with van der Waals surface area (Å²) in [7, 11) is 0. The van der Waals surface area contributed by atoms with Crippen LogP contribution in [0.4, 0.5) is 11.8 Å². The maximum atomic E-state index is 5.76. The molecule has 102 valence electrons. The molecule has 1 aliphatic rings. The Kier molecular flexibility index (Phi) is 3.00. The number of nitrogens with zero attached hydrogens (tertiary/aromatic N) is 4. The van der Waals surface area contributed by atoms with Gasteiger partial charge in [-0.1, -0.05) is 13.8 Å². The van der Waals surface area contributed by atoms with E-state index >= 15 is 0 Å². The van der Waals surface area contributed by atoms with Gasteiger partial charge >= 0.3 is 0 Å². The van der Waals surface area contributed by atoms with Crippen LogP contribution in [0.1, 0.15) is 26.7 Å². The van der Waals surface area contributed by atoms with Crippen LogP contribution in [-0.4, -0.2) is 33.0 Å². The first kappa shape index (κ1) is 12.2. The molecule has 1 fully saturated rings. The molecule has 0 radical (unpaired) electrons. The predicted molar refractivity (Wildman–Crippen MR) is 75.9 cm³/mol. The Morgan fingerprint density at radius 2 is 2.05 bits per heavy atom. The molecule has 1 saturated heterocycles. The number of nitrogen functional groups attached to an aromatic ring is 1. The first-order chi connectivity index (χ1) is 9.15. The van der Waals surface area contributed by atoms with Gasteiger partial charge in [0.25, 0.3) is 0 Å². The zero-order valence-corrected chi connectivity index (χ0v) is 11.4. The highest BCUT2D eigenvalue weighted by molar-refractivity contribution is 5.84. The minimum Gasteiger partial charge on any atom is -0.368 e. The van der Waals surface area contributed by atoms with Crippen LogP contribution in [0.2, 0.25) is 0 Å². The average Bonchev–Trinajstić information content (AvgIpc) is 2.85. The molecule has 1 aliphatic heterocycles. The summed E-state index contributed by atoms with van der Waals surface area (Å²) < 4.78 is 0. The van der Waals surface area contributed by atoms with Crippen LogP contribution in [0.25, 0.3) is 11.2 Å². The van der Waals surface area contributed by atoms with E-state index in [4.69, 9.17) is 5.73 Å². The number of anilines is 2. The molecule has 0 amide bonds. The first-order valence-corrected chi connectivity index (χ1v) is 6.86. The molecule has 3 heterocycles. The van der Waals surface area contributed by atoms with Gasteiger partial charge in [0.2, 0.25) is 5.95 Å². The summed E-state index contributed by atoms with van der Waals surface area (Å²) in [6.07, 6.45) is 4.05. The van der Waals surface area contributed by atoms with Crippen molar-refractivity contribution in [2.24, 2.45) is 11.8 Å². The number of aromatic nitrogens is 4. The Balaban J connectivity index is 1.87. The molecular weight excluding hydrogens is 240 g/mol. The number of nitrogens with one attached hydrogen (secondary N) is 1. The molecule has 3 N–H and O–H groups in total. The molecule has 0 aliphatic carbocycles. The number of aromatic amines is 1. The van der Waals surface area contributed by atoms with Crippen molar-refractivity contribution in [2.75, 3.05) is 23.7 Å². The Bertz CT molecular complexity index is 568. The highest BCUT2D eigenvalue weighted by Crippen LogP contribution is 2.29. The highest BCUT2D eigenvalue weighted by atomic mass is 15.2. The SMILES string of the molecule is CC(C)C1CCN(c2nc(N)nc3nc[nH]c23)CC1. The first-order valence-electron chi connectivity index (χ1n) is 6.86. The van der Waals surface area contributed by atoms with Gasteiger partial charge in [0.15, 0.2) is 11.5 Å². The number of nitrogens with two attached hydrogens (primary N) is 1. The van der Waals surface area contributed by atoms with Crippen LogP contribution in [0.3, 0.4) is 0 Å². The normalized spacial score (nSPS) is 17.5. The van der Waals surface area contributed by atoms with Crippen molar-refractivity contribution in [2.45, 2.75) is 26.7 Å². The molecule has 0 saturated carbocycles. The largest absolute Gasteiger partial charge is 0.368 e. The van der Waals surface area contributed by atoms with Crippen LogP contribution < -0.4 is 10.6 Å². The zero-order chi connectivity index (χ0) is 13.4. The second-order valence-corrected chi connectivity index (χ2v) is 5.58. The standard InChI is InChI=1S/C13H20N6/c1-8(2)9-3-5-19(6-4-9)12-10-11(16-7-15-10)17-13(14)18-12/h7-9H,3-6H2,1-2H3,(H3,14,15,16,17,18). The third-order valence-electron chi connectivity index (χ3n) is 4.07. The number of rotatable bonds is 2. The van der Waals surface area contributed by atoms with Crippen molar-refractivity contribution in [3.8, 4) is 0 Å². The third-order valence-corrected chi connectivity index (χ3v) is 4.07. The second-order valence-electron chi connectivity index (χ2n) is 5.58. The number of hydrogen-bond donors (Lipinski definition) is 2. The van der Waals surface area contributed by atoms with Crippen LogP contribution in [0.15, 0.2) is 6.33 Å². The minimum absolute atomic E-state index is 0.292. The molecule has 0 atom stereocenters. The van der Waals surface area contributed by atoms with E-state index in [1.807, 2.05) is 0 Å². The Morgan fingerprint density at radius 1 is 1.32 bits per heavy atom. The molecule has 19 heavy (non-hydrogen) atoms. The van der Waals surface area contributed by atoms with E-state index in [0.717, 1.165) is 36.3 Å². The van der Waals surface area contributed by atoms with Crippen molar-refractivity contribution in [1.29, 1.82) is 0 Å². The smallest absolute Gasteiger partial charge is 0.224 e. The number of hydrogen-bond acceptors (Lipinski definition) is 5. The fourth-order valence-corrected chi connectivity index (χ4v) is 2.84. The quantitative estimate of drug-likeness (QED) is 0.860. The summed E-state index contributed by atoms with van der Waals surface area (Å²) >= 11 is 0. The predicted octanol–water partition coefficient (Wildman–Crippen LogP) is 1.81. The zero-order valence-electron chi connectivity index (χ0n) is 11.4. The van der Waals surface area contributed by atoms with Gasteiger partial charge in [-0.05, 0) is 24.7 Å². The molecule has 6 heteroatoms. The van der Waals surface area contributed by atoms with E-state index in [1.165, 1.54) is 12.8 Å². The fourth-order valence-electron chi connectivity index (χ4n) is 2.84. The van der Waals surface area contributed by atoms with Gasteiger partial charge in [0.1, 0.15) is 5.52 Å². The Hall–Kier alpha value is -1.85. The number of H-pyrrole nitrogens is 1. The lowest BCUT2D eigenvalue weighted by atomic mass is 9.87. The molecule has 2 aromatic heterocycles. The summed E-state index contributed by atoms with van der Waals surface area (Å²) in [5, 5.41) is 0. The van der Waals surface area contributed by atoms with Gasteiger partial charge in [-0.25, -0.2) is 4.98 Å². The van der Waals surface area contributed by atoms with Crippen LogP contribution in [0.5, 0.6) is 0 Å². The van der Waals surface area contributed by atoms with Gasteiger partial charge in [-0.15, -0.1) is 0 Å². The van der Waals surface area contributed by atoms with Crippen molar-refractivity contribution < 1.29 is 0 Å². The Morgan fingerprint density at radius 3 is 2.74 bits per heavy atom. The number of fused-ring (bicyclic) bond motifs is 1. The van der Waals surface area contributed by atoms with Crippen molar-refractivity contribution in [3.05, 3.63) is 6.33 Å². The minimum atomic E-state index is 0.292. The van der Waals surface area contributed by atoms with Gasteiger partial charge in [-0.2, -0.15) is 9.97 Å². The molecule has 0 unspecified atom stereocenters. The molecular formula is C13H20N6. The molecule has 2 aromatic rings. The Labute approximate surface area is 112 Å². The molecule has 6 nitrogen and oxygen atoms in total. The van der Waals surface area contributed by atoms with E-state index in [9.17, 15) is 0 Å². The van der Waals surface area contributed by atoms with Gasteiger partial charge in [0.05, 0.1) is 6.33 Å². The number of imidazole rings is 1. The van der Waals surface area contributed by atoms with Crippen LogP contribution >= 0.6 is 0 Å². The maximum Gasteiger partial charge on any atom is 0.224 e. The van der Waals surface area contributed by atoms with Gasteiger partial charge in [-0.3, -0.25) is 0 Å². The van der Waals surface area contributed by atoms with Gasteiger partial charge in [0, 0.05) is 13.1 Å². The lowest BCUT2D eigenvalue weighted by Crippen LogP contribution is -2.36. The lowest BCUT2D eigenvalue weighted by Gasteiger charge is -2.34. The average molecular weight is 260 g/mol. The van der Waals surface area contributed by atoms with E-state index < -0.39 is 0 Å². The molecule has 3 rings (SSSR count). The van der Waals surface area contributed by atoms with Crippen LogP contribution in [0, 0.1) is 11.8 Å². The number of piperidine rings is 1. The van der Waals surface area contributed by atoms with Crippen molar-refractivity contribution in [1.82, 2.24) is 19.9 Å². The van der Waals surface area contributed by atoms with E-state index in [1.54, 1.807) is 6.33 Å². The topological polar surface area (TPSA) is 83.7 Å². The molecule has 0 bridgehead atoms. The van der Waals surface area contributed by atoms with E-state index in [2.05, 4.69) is 38.7 Å². The highest BCUT2D eigenvalue weighted by Gasteiger charge is 2.24. The third kappa shape index (κ3) is 2.22. The fraction of sp³-hybridized carbons (Fsp3) is 0.615. The van der Waals surface area contributed by atoms with Crippen molar-refractivity contribution in [3.63, 3.8) is 0 Å². The maximum absolute atomic E-state index is 5.76. The summed E-state index contributed by atoms with van der Waals surface area (Å²) in [5.41, 5.74) is 7.30. The summed E-state index contributed by atoms with van der Waals surface area (Å²) in [6.45, 7) is 6.65. The summed E-state index contributed by atoms with van der Waals surface area (Å²) in [5.74, 6) is 2.75. The van der Waals surface area contributed by atoms with Crippen molar-refractivity contribution >= 4 is 22.9 Å². The molecule has 0 aromatic carbocycles. The summed E-state index contributed by atoms with van der Waals surface area (Å²) in [6, 6.07) is 0. The van der Waals surface area contributed by atoms with Gasteiger partial charge < -0.3 is 15.6 Å². The lowest BCUT2D eigenvalue weighted by molar-refractivity contribution is 0.311. The molecule has 0 spiro atoms. The monoisotopic (exact) mass is 260 g/mol. The summed E-state index contributed by atoms with van der Waals surface area (Å²) in [4.78, 5) is 18.1. The van der Waals surface area contributed by atoms with E-state index in [0.29, 0.717) is 11.6 Å². The second kappa shape index (κ2) is 4.68. The van der Waals surface area contributed by atoms with E-state index in [-0.39, 0.29) is 0 Å².